The molecule has 1 fully saturated rings. The van der Waals surface area contributed by atoms with Crippen LogP contribution in [0.2, 0.25) is 0 Å². The van der Waals surface area contributed by atoms with Crippen molar-refractivity contribution in [3.05, 3.63) is 23.8 Å². The van der Waals surface area contributed by atoms with Crippen molar-refractivity contribution in [2.24, 2.45) is 0 Å². The Labute approximate surface area is 175 Å². The lowest BCUT2D eigenvalue weighted by Gasteiger charge is -2.38. The Balaban J connectivity index is 1.55. The first-order valence-electron chi connectivity index (χ1n) is 11.2. The van der Waals surface area contributed by atoms with Gasteiger partial charge in [-0.25, -0.2) is 0 Å². The van der Waals surface area contributed by atoms with E-state index >= 15 is 0 Å². The summed E-state index contributed by atoms with van der Waals surface area (Å²) >= 11 is 0. The Kier molecular flexibility index (Phi) is 7.10. The molecule has 1 spiro atoms. The minimum atomic E-state index is -0.431. The van der Waals surface area contributed by atoms with Crippen LogP contribution in [0.5, 0.6) is 11.5 Å². The average molecular weight is 404 g/mol. The highest BCUT2D eigenvalue weighted by atomic mass is 16.6. The van der Waals surface area contributed by atoms with Gasteiger partial charge in [0.25, 0.3) is 0 Å². The lowest BCUT2D eigenvalue weighted by atomic mass is 9.74. The summed E-state index contributed by atoms with van der Waals surface area (Å²) in [6.45, 7) is 11.6. The number of fused-ring (bicyclic) bond motifs is 2. The van der Waals surface area contributed by atoms with Gasteiger partial charge >= 0.3 is 5.97 Å². The topological polar surface area (TPSA) is 48.0 Å². The first-order valence-corrected chi connectivity index (χ1v) is 11.2. The number of unbranched alkanes of at least 4 members (excludes halogenated alkanes) is 3. The number of nitrogens with zero attached hydrogens (tertiary/aromatic N) is 1. The van der Waals surface area contributed by atoms with E-state index in [1.807, 2.05) is 26.8 Å². The predicted octanol–water partition coefficient (Wildman–Crippen LogP) is 4.71. The van der Waals surface area contributed by atoms with Crippen molar-refractivity contribution in [2.45, 2.75) is 77.2 Å². The number of hydrogen-bond donors (Lipinski definition) is 0. The van der Waals surface area contributed by atoms with Crippen LogP contribution in [0.1, 0.15) is 71.8 Å². The van der Waals surface area contributed by atoms with Crippen LogP contribution in [0, 0.1) is 0 Å². The van der Waals surface area contributed by atoms with Gasteiger partial charge in [0.1, 0.15) is 17.1 Å². The highest BCUT2D eigenvalue weighted by Gasteiger charge is 2.43. The van der Waals surface area contributed by atoms with E-state index in [0.717, 1.165) is 57.1 Å². The van der Waals surface area contributed by atoms with Crippen LogP contribution in [0.4, 0.5) is 0 Å². The van der Waals surface area contributed by atoms with E-state index in [2.05, 4.69) is 24.0 Å². The van der Waals surface area contributed by atoms with E-state index in [0.29, 0.717) is 6.54 Å². The van der Waals surface area contributed by atoms with Crippen molar-refractivity contribution in [3.63, 3.8) is 0 Å². The number of benzene rings is 1. The lowest BCUT2D eigenvalue weighted by Crippen LogP contribution is -2.46. The molecule has 0 aliphatic carbocycles. The van der Waals surface area contributed by atoms with Crippen molar-refractivity contribution in [3.8, 4) is 11.5 Å². The first kappa shape index (κ1) is 21.9. The van der Waals surface area contributed by atoms with Gasteiger partial charge in [-0.1, -0.05) is 26.2 Å². The predicted molar refractivity (Wildman–Crippen MR) is 115 cm³/mol. The summed E-state index contributed by atoms with van der Waals surface area (Å²) in [5.74, 6) is 1.79. The molecule has 2 aliphatic heterocycles. The molecule has 0 amide bonds. The van der Waals surface area contributed by atoms with Gasteiger partial charge in [0.05, 0.1) is 19.8 Å². The minimum Gasteiger partial charge on any atom is -0.494 e. The van der Waals surface area contributed by atoms with E-state index in [4.69, 9.17) is 14.2 Å². The molecule has 0 N–H and O–H groups in total. The van der Waals surface area contributed by atoms with Crippen LogP contribution in [0.15, 0.2) is 18.2 Å². The number of carbonyl (C=O) groups excluding carboxylic acids is 1. The van der Waals surface area contributed by atoms with Gasteiger partial charge < -0.3 is 14.2 Å². The van der Waals surface area contributed by atoms with E-state index in [1.165, 1.54) is 24.8 Å². The second-order valence-electron chi connectivity index (χ2n) is 9.50. The first-order chi connectivity index (χ1) is 13.8. The number of esters is 1. The SMILES string of the molecule is CCCCCCOc1ccc2c(c1)C1(CCN(CC(=O)OC(C)(C)C)CC1)CO2. The van der Waals surface area contributed by atoms with Crippen LogP contribution in [-0.2, 0) is 14.9 Å². The van der Waals surface area contributed by atoms with Gasteiger partial charge in [-0.2, -0.15) is 0 Å². The maximum Gasteiger partial charge on any atom is 0.320 e. The third-order valence-corrected chi connectivity index (χ3v) is 5.88. The summed E-state index contributed by atoms with van der Waals surface area (Å²) < 4.78 is 17.5. The number of hydrogen-bond acceptors (Lipinski definition) is 5. The van der Waals surface area contributed by atoms with Crippen molar-refractivity contribution < 1.29 is 19.0 Å². The summed E-state index contributed by atoms with van der Waals surface area (Å²) in [4.78, 5) is 14.3. The molecule has 0 saturated carbocycles. The third-order valence-electron chi connectivity index (χ3n) is 5.88. The second kappa shape index (κ2) is 9.38. The monoisotopic (exact) mass is 403 g/mol. The second-order valence-corrected chi connectivity index (χ2v) is 9.50. The smallest absolute Gasteiger partial charge is 0.320 e. The molecule has 1 aromatic rings. The minimum absolute atomic E-state index is 0.0430. The fraction of sp³-hybridized carbons (Fsp3) is 0.708. The van der Waals surface area contributed by atoms with E-state index in [9.17, 15) is 4.79 Å². The van der Waals surface area contributed by atoms with Gasteiger partial charge in [-0.3, -0.25) is 9.69 Å². The van der Waals surface area contributed by atoms with E-state index in [-0.39, 0.29) is 11.4 Å². The molecule has 5 nitrogen and oxygen atoms in total. The summed E-state index contributed by atoms with van der Waals surface area (Å²) in [7, 11) is 0. The molecule has 0 atom stereocenters. The molecule has 2 aliphatic rings. The zero-order valence-electron chi connectivity index (χ0n) is 18.6. The summed E-state index contributed by atoms with van der Waals surface area (Å²) in [6.07, 6.45) is 6.81. The van der Waals surface area contributed by atoms with Crippen LogP contribution in [0.25, 0.3) is 0 Å². The third kappa shape index (κ3) is 5.88. The highest BCUT2D eigenvalue weighted by Crippen LogP contribution is 2.46. The summed E-state index contributed by atoms with van der Waals surface area (Å²) in [5, 5.41) is 0. The van der Waals surface area contributed by atoms with Crippen LogP contribution in [0.3, 0.4) is 0 Å². The van der Waals surface area contributed by atoms with Crippen molar-refractivity contribution >= 4 is 5.97 Å². The fourth-order valence-electron chi connectivity index (χ4n) is 4.26. The van der Waals surface area contributed by atoms with Crippen molar-refractivity contribution in [1.29, 1.82) is 0 Å². The maximum absolute atomic E-state index is 12.1. The largest absolute Gasteiger partial charge is 0.494 e. The van der Waals surface area contributed by atoms with Gasteiger partial charge in [-0.15, -0.1) is 0 Å². The molecule has 0 radical (unpaired) electrons. The fourth-order valence-corrected chi connectivity index (χ4v) is 4.26. The molecule has 0 aromatic heterocycles. The molecule has 1 saturated heterocycles. The van der Waals surface area contributed by atoms with Crippen LogP contribution < -0.4 is 9.47 Å². The molecule has 0 bridgehead atoms. The molecule has 162 valence electrons. The van der Waals surface area contributed by atoms with Gasteiger partial charge in [0, 0.05) is 11.0 Å². The zero-order valence-corrected chi connectivity index (χ0v) is 18.6. The number of ether oxygens (including phenoxy) is 3. The summed E-state index contributed by atoms with van der Waals surface area (Å²) in [5.41, 5.74) is 0.890. The number of carbonyl (C=O) groups is 1. The van der Waals surface area contributed by atoms with Gasteiger partial charge in [-0.05, 0) is 71.3 Å². The Bertz CT molecular complexity index is 687. The molecule has 2 heterocycles. The van der Waals surface area contributed by atoms with E-state index < -0.39 is 5.60 Å². The Morgan fingerprint density at radius 3 is 2.62 bits per heavy atom. The van der Waals surface area contributed by atoms with Crippen LogP contribution >= 0.6 is 0 Å². The molecule has 0 unspecified atom stereocenters. The number of likely N-dealkylation sites (tertiary alicyclic amines) is 1. The Morgan fingerprint density at radius 1 is 1.17 bits per heavy atom. The maximum atomic E-state index is 12.1. The number of rotatable bonds is 8. The zero-order chi connectivity index (χ0) is 20.9. The summed E-state index contributed by atoms with van der Waals surface area (Å²) in [6, 6.07) is 6.26. The normalized spacial score (nSPS) is 18.3. The van der Waals surface area contributed by atoms with Crippen molar-refractivity contribution in [1.82, 2.24) is 4.90 Å². The van der Waals surface area contributed by atoms with E-state index in [1.54, 1.807) is 0 Å². The standard InChI is InChI=1S/C24H37NO4/c1-5-6-7-8-15-27-19-9-10-21-20(16-19)24(18-28-21)11-13-25(14-12-24)17-22(26)29-23(2,3)4/h9-10,16H,5-8,11-15,17-18H2,1-4H3. The van der Waals surface area contributed by atoms with Crippen LogP contribution in [-0.4, -0.2) is 49.3 Å². The lowest BCUT2D eigenvalue weighted by molar-refractivity contribution is -0.156. The molecular formula is C24H37NO4. The average Bonchev–Trinajstić information content (AvgIpc) is 3.00. The van der Waals surface area contributed by atoms with Gasteiger partial charge in [0.15, 0.2) is 0 Å². The Morgan fingerprint density at radius 2 is 1.93 bits per heavy atom. The number of piperidine rings is 1. The molecule has 5 heteroatoms. The molecule has 3 rings (SSSR count). The van der Waals surface area contributed by atoms with Gasteiger partial charge in [0.2, 0.25) is 0 Å². The van der Waals surface area contributed by atoms with Crippen molar-refractivity contribution in [2.75, 3.05) is 32.8 Å². The molecule has 29 heavy (non-hydrogen) atoms. The molecule has 1 aromatic carbocycles. The quantitative estimate of drug-likeness (QED) is 0.465. The molecular weight excluding hydrogens is 366 g/mol. The highest BCUT2D eigenvalue weighted by molar-refractivity contribution is 5.72. The Hall–Kier alpha value is -1.75.